The molecule has 0 aromatic heterocycles. The van der Waals surface area contributed by atoms with E-state index in [4.69, 9.17) is 0 Å². The molecule has 4 nitrogen and oxygen atoms in total. The minimum atomic E-state index is -0.673. The summed E-state index contributed by atoms with van der Waals surface area (Å²) in [5.41, 5.74) is 2.19. The van der Waals surface area contributed by atoms with Gasteiger partial charge in [-0.25, -0.2) is 8.78 Å². The third-order valence-electron chi connectivity index (χ3n) is 5.84. The van der Waals surface area contributed by atoms with Gasteiger partial charge in [-0.3, -0.25) is 14.6 Å². The molecule has 7 heteroatoms. The zero-order valence-corrected chi connectivity index (χ0v) is 16.9. The van der Waals surface area contributed by atoms with Crippen LogP contribution < -0.4 is 0 Å². The Bertz CT molecular complexity index is 854. The second-order valence-corrected chi connectivity index (χ2v) is 7.80. The number of aliphatic hydroxyl groups is 1. The van der Waals surface area contributed by atoms with Crippen LogP contribution in [0.2, 0.25) is 0 Å². The average Bonchev–Trinajstić information content (AvgIpc) is 2.98. The zero-order valence-electron chi connectivity index (χ0n) is 16.1. The Morgan fingerprint density at radius 1 is 1.03 bits per heavy atom. The first-order valence-corrected chi connectivity index (χ1v) is 9.71. The molecule has 1 saturated heterocycles. The second kappa shape index (κ2) is 9.30. The largest absolute Gasteiger partial charge is 0.374 e. The average molecular weight is 423 g/mol. The molecule has 0 aliphatic carbocycles. The van der Waals surface area contributed by atoms with E-state index >= 15 is 0 Å². The number of aliphatic hydroxyl groups excluding tert-OH is 1. The number of halogens is 3. The zero-order chi connectivity index (χ0) is 19.7. The van der Waals surface area contributed by atoms with Gasteiger partial charge in [0.15, 0.2) is 5.78 Å². The van der Waals surface area contributed by atoms with E-state index in [1.54, 1.807) is 6.07 Å². The maximum Gasteiger partial charge on any atom is 0.176 e. The van der Waals surface area contributed by atoms with E-state index in [1.807, 2.05) is 4.90 Å². The first kappa shape index (κ1) is 21.8. The predicted octanol–water partition coefficient (Wildman–Crippen LogP) is 3.79. The van der Waals surface area contributed by atoms with Crippen molar-refractivity contribution >= 4 is 18.2 Å². The van der Waals surface area contributed by atoms with Gasteiger partial charge in [-0.15, -0.1) is 12.4 Å². The van der Waals surface area contributed by atoms with E-state index in [0.717, 1.165) is 43.6 Å². The summed E-state index contributed by atoms with van der Waals surface area (Å²) < 4.78 is 26.4. The number of ketones is 1. The normalized spacial score (nSPS) is 20.3. The number of fused-ring (bicyclic) bond motifs is 1. The number of carbonyl (C=O) groups is 1. The number of Topliss-reactive ketones (excluding diaryl/α,β-unsaturated/α-hetero) is 1. The number of hydrogen-bond donors (Lipinski definition) is 1. The van der Waals surface area contributed by atoms with Crippen molar-refractivity contribution < 1.29 is 18.7 Å². The molecular weight excluding hydrogens is 398 g/mol. The number of hydrogen-bond acceptors (Lipinski definition) is 4. The molecule has 1 N–H and O–H groups in total. The fourth-order valence-electron chi connectivity index (χ4n) is 4.22. The Hall–Kier alpha value is -1.86. The molecule has 156 valence electrons. The van der Waals surface area contributed by atoms with E-state index in [-0.39, 0.29) is 29.8 Å². The summed E-state index contributed by atoms with van der Waals surface area (Å²) in [5.74, 6) is -0.171. The quantitative estimate of drug-likeness (QED) is 0.744. The lowest BCUT2D eigenvalue weighted by atomic mass is 9.95. The van der Waals surface area contributed by atoms with Crippen molar-refractivity contribution in [3.05, 3.63) is 70.8 Å². The second-order valence-electron chi connectivity index (χ2n) is 7.80. The van der Waals surface area contributed by atoms with Crippen molar-refractivity contribution in [2.75, 3.05) is 26.2 Å². The topological polar surface area (TPSA) is 43.8 Å². The van der Waals surface area contributed by atoms with Crippen LogP contribution in [-0.4, -0.2) is 46.9 Å². The van der Waals surface area contributed by atoms with Crippen molar-refractivity contribution in [3.8, 4) is 0 Å². The summed E-state index contributed by atoms with van der Waals surface area (Å²) in [6.07, 6.45) is 1.23. The SMILES string of the molecule is Cl.O=C(CN1CCC(CN2Cc3cc(F)ccc3C2O)CC1)c1ccc(F)cc1. The van der Waals surface area contributed by atoms with Gasteiger partial charge in [0.25, 0.3) is 0 Å². The van der Waals surface area contributed by atoms with Crippen LogP contribution in [0.5, 0.6) is 0 Å². The molecule has 29 heavy (non-hydrogen) atoms. The molecule has 0 radical (unpaired) electrons. The number of piperidine rings is 1. The Morgan fingerprint density at radius 3 is 2.38 bits per heavy atom. The third-order valence-corrected chi connectivity index (χ3v) is 5.84. The summed E-state index contributed by atoms with van der Waals surface area (Å²) in [7, 11) is 0. The Balaban J connectivity index is 0.00000240. The van der Waals surface area contributed by atoms with Crippen LogP contribution in [0.4, 0.5) is 8.78 Å². The van der Waals surface area contributed by atoms with E-state index in [0.29, 0.717) is 24.6 Å². The third kappa shape index (κ3) is 5.01. The summed E-state index contributed by atoms with van der Waals surface area (Å²) in [5, 5.41) is 10.5. The lowest BCUT2D eigenvalue weighted by Gasteiger charge is -2.34. The van der Waals surface area contributed by atoms with Crippen LogP contribution in [-0.2, 0) is 6.54 Å². The van der Waals surface area contributed by atoms with Gasteiger partial charge in [0.05, 0.1) is 6.54 Å². The highest BCUT2D eigenvalue weighted by atomic mass is 35.5. The summed E-state index contributed by atoms with van der Waals surface area (Å²) in [4.78, 5) is 16.5. The molecule has 0 bridgehead atoms. The molecule has 4 rings (SSSR count). The van der Waals surface area contributed by atoms with Gasteiger partial charge >= 0.3 is 0 Å². The van der Waals surface area contributed by atoms with Gasteiger partial charge in [0, 0.05) is 24.2 Å². The van der Waals surface area contributed by atoms with Gasteiger partial charge in [0.2, 0.25) is 0 Å². The lowest BCUT2D eigenvalue weighted by molar-refractivity contribution is -0.00352. The molecule has 1 unspecified atom stereocenters. The van der Waals surface area contributed by atoms with Gasteiger partial charge in [-0.1, -0.05) is 6.07 Å². The van der Waals surface area contributed by atoms with Crippen LogP contribution in [0.25, 0.3) is 0 Å². The highest BCUT2D eigenvalue weighted by Crippen LogP contribution is 2.33. The number of benzene rings is 2. The molecule has 2 aliphatic rings. The van der Waals surface area contributed by atoms with Gasteiger partial charge < -0.3 is 5.11 Å². The Morgan fingerprint density at radius 2 is 1.69 bits per heavy atom. The molecule has 0 spiro atoms. The van der Waals surface area contributed by atoms with Gasteiger partial charge in [-0.05, 0) is 73.8 Å². The fourth-order valence-corrected chi connectivity index (χ4v) is 4.22. The van der Waals surface area contributed by atoms with E-state index in [1.165, 1.54) is 36.4 Å². The molecule has 0 amide bonds. The van der Waals surface area contributed by atoms with E-state index < -0.39 is 6.23 Å². The van der Waals surface area contributed by atoms with Crippen molar-refractivity contribution in [3.63, 3.8) is 0 Å². The van der Waals surface area contributed by atoms with Crippen LogP contribution in [0.3, 0.4) is 0 Å². The molecule has 1 fully saturated rings. The molecule has 2 aliphatic heterocycles. The number of rotatable bonds is 5. The number of carbonyl (C=O) groups excluding carboxylic acids is 1. The monoisotopic (exact) mass is 422 g/mol. The van der Waals surface area contributed by atoms with Gasteiger partial charge in [-0.2, -0.15) is 0 Å². The first-order chi connectivity index (χ1) is 13.5. The Kier molecular flexibility index (Phi) is 7.01. The molecule has 0 saturated carbocycles. The molecular formula is C22H25ClF2N2O2. The molecule has 1 atom stereocenters. The predicted molar refractivity (Wildman–Crippen MR) is 109 cm³/mol. The molecule has 2 heterocycles. The lowest BCUT2D eigenvalue weighted by Crippen LogP contribution is -2.40. The molecule has 2 aromatic carbocycles. The minimum Gasteiger partial charge on any atom is -0.374 e. The van der Waals surface area contributed by atoms with Crippen LogP contribution in [0, 0.1) is 17.6 Å². The maximum absolute atomic E-state index is 13.4. The first-order valence-electron chi connectivity index (χ1n) is 9.71. The maximum atomic E-state index is 13.4. The van der Waals surface area contributed by atoms with Gasteiger partial charge in [0.1, 0.15) is 17.9 Å². The molecule has 2 aromatic rings. The summed E-state index contributed by atoms with van der Waals surface area (Å²) in [6, 6.07) is 10.2. The summed E-state index contributed by atoms with van der Waals surface area (Å²) >= 11 is 0. The smallest absolute Gasteiger partial charge is 0.176 e. The van der Waals surface area contributed by atoms with E-state index in [2.05, 4.69) is 4.90 Å². The van der Waals surface area contributed by atoms with Crippen molar-refractivity contribution in [2.45, 2.75) is 25.6 Å². The van der Waals surface area contributed by atoms with Crippen molar-refractivity contribution in [2.24, 2.45) is 5.92 Å². The standard InChI is InChI=1S/C22H24F2N2O2.ClH/c23-18-3-1-16(2-4-18)21(27)14-25-9-7-15(8-10-25)12-26-13-17-11-19(24)5-6-20(17)22(26)28;/h1-6,11,15,22,28H,7-10,12-14H2;1H. The highest BCUT2D eigenvalue weighted by molar-refractivity contribution is 5.97. The van der Waals surface area contributed by atoms with Crippen LogP contribution in [0.15, 0.2) is 42.5 Å². The minimum absolute atomic E-state index is 0. The van der Waals surface area contributed by atoms with Crippen LogP contribution >= 0.6 is 12.4 Å². The van der Waals surface area contributed by atoms with Crippen molar-refractivity contribution in [1.82, 2.24) is 9.80 Å². The highest BCUT2D eigenvalue weighted by Gasteiger charge is 2.31. The fraction of sp³-hybridized carbons (Fsp3) is 0.409. The Labute approximate surface area is 175 Å². The van der Waals surface area contributed by atoms with E-state index in [9.17, 15) is 18.7 Å². The van der Waals surface area contributed by atoms with Crippen molar-refractivity contribution in [1.29, 1.82) is 0 Å². The number of nitrogens with zero attached hydrogens (tertiary/aromatic N) is 2. The summed E-state index contributed by atoms with van der Waals surface area (Å²) in [6.45, 7) is 3.32. The number of likely N-dealkylation sites (tertiary alicyclic amines) is 1. The van der Waals surface area contributed by atoms with Crippen LogP contribution in [0.1, 0.15) is 40.6 Å².